The second-order valence-corrected chi connectivity index (χ2v) is 5.35. The number of nitrogens with one attached hydrogen (secondary N) is 1. The van der Waals surface area contributed by atoms with E-state index in [-0.39, 0.29) is 0 Å². The van der Waals surface area contributed by atoms with Crippen LogP contribution in [0.2, 0.25) is 0 Å². The Kier molecular flexibility index (Phi) is 4.19. The van der Waals surface area contributed by atoms with Crippen molar-refractivity contribution < 1.29 is 0 Å². The van der Waals surface area contributed by atoms with Crippen molar-refractivity contribution in [2.24, 2.45) is 0 Å². The molecule has 0 aliphatic heterocycles. The normalized spacial score (nSPS) is 11.6. The molecular formula is C20H20N2. The number of para-hydroxylation sites is 2. The molecule has 2 nitrogen and oxygen atoms in total. The molecule has 2 aromatic carbocycles. The number of rotatable bonds is 4. The van der Waals surface area contributed by atoms with Crippen LogP contribution in [0.15, 0.2) is 66.9 Å². The van der Waals surface area contributed by atoms with Crippen LogP contribution in [-0.2, 0) is 0 Å². The van der Waals surface area contributed by atoms with E-state index in [0.29, 0.717) is 0 Å². The Morgan fingerprint density at radius 2 is 1.77 bits per heavy atom. The van der Waals surface area contributed by atoms with Crippen molar-refractivity contribution in [2.75, 3.05) is 11.9 Å². The van der Waals surface area contributed by atoms with Crippen LogP contribution in [0.1, 0.15) is 18.1 Å². The maximum atomic E-state index is 4.60. The molecule has 0 spiro atoms. The lowest BCUT2D eigenvalue weighted by Gasteiger charge is -2.14. The lowest BCUT2D eigenvalue weighted by Crippen LogP contribution is -2.05. The lowest BCUT2D eigenvalue weighted by molar-refractivity contribution is 1.27. The lowest BCUT2D eigenvalue weighted by atomic mass is 9.98. The van der Waals surface area contributed by atoms with Gasteiger partial charge in [-0.05, 0) is 43.2 Å². The summed E-state index contributed by atoms with van der Waals surface area (Å²) in [5, 5.41) is 4.69. The first-order valence-corrected chi connectivity index (χ1v) is 7.58. The van der Waals surface area contributed by atoms with E-state index in [1.165, 1.54) is 22.1 Å². The number of hydrogen-bond acceptors (Lipinski definition) is 2. The fourth-order valence-corrected chi connectivity index (χ4v) is 2.71. The highest BCUT2D eigenvalue weighted by Crippen LogP contribution is 2.25. The molecule has 3 aromatic rings. The first-order valence-electron chi connectivity index (χ1n) is 7.58. The van der Waals surface area contributed by atoms with E-state index in [0.717, 1.165) is 17.7 Å². The van der Waals surface area contributed by atoms with Gasteiger partial charge in [0.2, 0.25) is 0 Å². The van der Waals surface area contributed by atoms with Crippen molar-refractivity contribution in [3.8, 4) is 0 Å². The molecule has 0 fully saturated rings. The highest BCUT2D eigenvalue weighted by molar-refractivity contribution is 5.87. The van der Waals surface area contributed by atoms with Gasteiger partial charge in [-0.15, -0.1) is 0 Å². The van der Waals surface area contributed by atoms with Gasteiger partial charge in [0.1, 0.15) is 0 Å². The Balaban J connectivity index is 1.89. The van der Waals surface area contributed by atoms with Crippen LogP contribution in [0.5, 0.6) is 0 Å². The molecule has 0 amide bonds. The van der Waals surface area contributed by atoms with Gasteiger partial charge in [0.05, 0.1) is 5.52 Å². The number of fused-ring (bicyclic) bond motifs is 1. The summed E-state index contributed by atoms with van der Waals surface area (Å²) in [6.45, 7) is 5.05. The van der Waals surface area contributed by atoms with Gasteiger partial charge < -0.3 is 5.32 Å². The average Bonchev–Trinajstić information content (AvgIpc) is 2.58. The summed E-state index contributed by atoms with van der Waals surface area (Å²) >= 11 is 0. The Hall–Kier alpha value is -2.61. The Bertz CT molecular complexity index is 804. The summed E-state index contributed by atoms with van der Waals surface area (Å²) in [4.78, 5) is 4.60. The third-order valence-corrected chi connectivity index (χ3v) is 4.00. The number of anilines is 1. The summed E-state index contributed by atoms with van der Waals surface area (Å²) < 4.78 is 0. The van der Waals surface area contributed by atoms with Crippen molar-refractivity contribution in [1.29, 1.82) is 0 Å². The smallest absolute Gasteiger partial charge is 0.0705 e. The van der Waals surface area contributed by atoms with Crippen molar-refractivity contribution in [3.63, 3.8) is 0 Å². The van der Waals surface area contributed by atoms with Crippen molar-refractivity contribution in [1.82, 2.24) is 4.98 Å². The second kappa shape index (κ2) is 6.44. The molecule has 0 unspecified atom stereocenters. The van der Waals surface area contributed by atoms with E-state index < -0.39 is 0 Å². The van der Waals surface area contributed by atoms with Gasteiger partial charge in [-0.3, -0.25) is 4.98 Å². The zero-order chi connectivity index (χ0) is 15.4. The fraction of sp³-hybridized carbons (Fsp3) is 0.150. The highest BCUT2D eigenvalue weighted by atomic mass is 14.9. The topological polar surface area (TPSA) is 24.9 Å². The minimum absolute atomic E-state index is 0.793. The Morgan fingerprint density at radius 3 is 2.55 bits per heavy atom. The van der Waals surface area contributed by atoms with Gasteiger partial charge in [0, 0.05) is 29.4 Å². The molecule has 1 N–H and O–H groups in total. The van der Waals surface area contributed by atoms with Crippen LogP contribution in [0.25, 0.3) is 16.5 Å². The van der Waals surface area contributed by atoms with Crippen LogP contribution in [0.3, 0.4) is 0 Å². The van der Waals surface area contributed by atoms with Gasteiger partial charge in [-0.1, -0.05) is 42.5 Å². The van der Waals surface area contributed by atoms with Crippen LogP contribution in [0, 0.1) is 6.92 Å². The van der Waals surface area contributed by atoms with Gasteiger partial charge in [0.15, 0.2) is 0 Å². The summed E-state index contributed by atoms with van der Waals surface area (Å²) in [5.74, 6) is 0. The zero-order valence-electron chi connectivity index (χ0n) is 13.0. The van der Waals surface area contributed by atoms with Crippen molar-refractivity contribution in [2.45, 2.75) is 13.8 Å². The van der Waals surface area contributed by atoms with Gasteiger partial charge in [-0.2, -0.15) is 0 Å². The zero-order valence-corrected chi connectivity index (χ0v) is 13.0. The number of hydrogen-bond donors (Lipinski definition) is 1. The third kappa shape index (κ3) is 2.86. The number of benzene rings is 2. The number of nitrogens with zero attached hydrogens (tertiary/aromatic N) is 1. The molecule has 110 valence electrons. The maximum absolute atomic E-state index is 4.60. The van der Waals surface area contributed by atoms with Crippen molar-refractivity contribution >= 4 is 22.2 Å². The molecule has 1 heterocycles. The number of pyridine rings is 1. The summed E-state index contributed by atoms with van der Waals surface area (Å²) in [5.41, 5.74) is 5.95. The minimum Gasteiger partial charge on any atom is -0.381 e. The van der Waals surface area contributed by atoms with Crippen LogP contribution in [0.4, 0.5) is 5.69 Å². The molecule has 0 radical (unpaired) electrons. The minimum atomic E-state index is 0.793. The first kappa shape index (κ1) is 14.3. The van der Waals surface area contributed by atoms with Gasteiger partial charge >= 0.3 is 0 Å². The van der Waals surface area contributed by atoms with Crippen LogP contribution in [-0.4, -0.2) is 11.5 Å². The quantitative estimate of drug-likeness (QED) is 0.726. The molecule has 0 aliphatic carbocycles. The molecule has 1 aromatic heterocycles. The van der Waals surface area contributed by atoms with Crippen molar-refractivity contribution in [3.05, 3.63) is 78.0 Å². The molecule has 0 saturated heterocycles. The summed E-state index contributed by atoms with van der Waals surface area (Å²) in [6.07, 6.45) is 4.15. The molecule has 2 heteroatoms. The third-order valence-electron chi connectivity index (χ3n) is 4.00. The predicted molar refractivity (Wildman–Crippen MR) is 95.1 cm³/mol. The molecular weight excluding hydrogens is 268 g/mol. The first-order chi connectivity index (χ1) is 10.8. The Morgan fingerprint density at radius 1 is 1.05 bits per heavy atom. The highest BCUT2D eigenvalue weighted by Gasteiger charge is 2.08. The summed E-state index contributed by atoms with van der Waals surface area (Å²) in [6, 6.07) is 18.6. The van der Waals surface area contributed by atoms with Gasteiger partial charge in [0.25, 0.3) is 0 Å². The molecule has 0 saturated carbocycles. The molecule has 3 rings (SSSR count). The van der Waals surface area contributed by atoms with E-state index in [1.807, 2.05) is 30.5 Å². The monoisotopic (exact) mass is 288 g/mol. The second-order valence-electron chi connectivity index (χ2n) is 5.35. The number of allylic oxidation sites excluding steroid dienone is 1. The van der Waals surface area contributed by atoms with E-state index in [9.17, 15) is 0 Å². The van der Waals surface area contributed by atoms with Crippen LogP contribution >= 0.6 is 0 Å². The standard InChI is InChI=1S/C20H20N2/c1-3-16(13-21-17-9-5-4-6-10-17)19-14-22-20-12-8-7-11-18(20)15(19)2/h3-12,14,21H,13H2,1-2H3/b16-3+. The number of aryl methyl sites for hydroxylation is 1. The van der Waals surface area contributed by atoms with Gasteiger partial charge in [-0.25, -0.2) is 0 Å². The molecule has 0 atom stereocenters. The van der Waals surface area contributed by atoms with E-state index in [4.69, 9.17) is 0 Å². The fourth-order valence-electron chi connectivity index (χ4n) is 2.71. The van der Waals surface area contributed by atoms with Crippen LogP contribution < -0.4 is 5.32 Å². The van der Waals surface area contributed by atoms with E-state index >= 15 is 0 Å². The average molecular weight is 288 g/mol. The molecule has 0 aliphatic rings. The predicted octanol–water partition coefficient (Wildman–Crippen LogP) is 5.06. The summed E-state index contributed by atoms with van der Waals surface area (Å²) in [7, 11) is 0. The molecule has 22 heavy (non-hydrogen) atoms. The van der Waals surface area contributed by atoms with E-state index in [1.54, 1.807) is 0 Å². The maximum Gasteiger partial charge on any atom is 0.0705 e. The Labute approximate surface area is 131 Å². The van der Waals surface area contributed by atoms with E-state index in [2.05, 4.69) is 60.6 Å². The SMILES string of the molecule is C/C=C(\CNc1ccccc1)c1cnc2ccccc2c1C. The number of aromatic nitrogens is 1. The molecule has 0 bridgehead atoms. The largest absolute Gasteiger partial charge is 0.381 e.